The highest BCUT2D eigenvalue weighted by molar-refractivity contribution is 7.16. The molecule has 5 nitrogen and oxygen atoms in total. The lowest BCUT2D eigenvalue weighted by Gasteiger charge is -2.32. The molecule has 0 amide bonds. The zero-order valence-corrected chi connectivity index (χ0v) is 13.8. The van der Waals surface area contributed by atoms with Gasteiger partial charge >= 0.3 is 0 Å². The van der Waals surface area contributed by atoms with Crippen molar-refractivity contribution in [2.24, 2.45) is 5.92 Å². The molecule has 3 rings (SSSR count). The van der Waals surface area contributed by atoms with Crippen molar-refractivity contribution in [3.63, 3.8) is 0 Å². The van der Waals surface area contributed by atoms with E-state index in [1.165, 1.54) is 25.9 Å². The summed E-state index contributed by atoms with van der Waals surface area (Å²) in [4.78, 5) is 15.0. The number of piperidine rings is 1. The lowest BCUT2D eigenvalue weighted by atomic mass is 9.96. The predicted octanol–water partition coefficient (Wildman–Crippen LogP) is 2.51. The Morgan fingerprint density at radius 3 is 2.86 bits per heavy atom. The summed E-state index contributed by atoms with van der Waals surface area (Å²) in [5, 5.41) is 6.32. The Morgan fingerprint density at radius 2 is 2.14 bits per heavy atom. The molecule has 1 aliphatic rings. The number of nitrogens with zero attached hydrogens (tertiary/aromatic N) is 4. The summed E-state index contributed by atoms with van der Waals surface area (Å²) >= 11 is 1.67. The van der Waals surface area contributed by atoms with Gasteiger partial charge in [0.1, 0.15) is 10.6 Å². The largest absolute Gasteiger partial charge is 0.359 e. The normalized spacial score (nSPS) is 17.3. The second-order valence-corrected chi connectivity index (χ2v) is 6.78. The molecule has 0 saturated carbocycles. The molecule has 3 heterocycles. The van der Waals surface area contributed by atoms with E-state index in [9.17, 15) is 0 Å². The van der Waals surface area contributed by atoms with Gasteiger partial charge < -0.3 is 15.1 Å². The standard InChI is InChI=1S/C15H23N5S/c1-16-15-17-13(12-6-9-21-14(12)18-15)20(3)10-11-4-7-19(2)8-5-11/h6,9,11H,4-5,7-8,10H2,1-3H3,(H,16,17,18). The molecule has 1 N–H and O–H groups in total. The molecule has 114 valence electrons. The van der Waals surface area contributed by atoms with E-state index in [4.69, 9.17) is 0 Å². The molecule has 0 atom stereocenters. The molecule has 0 bridgehead atoms. The third kappa shape index (κ3) is 3.11. The van der Waals surface area contributed by atoms with E-state index < -0.39 is 0 Å². The van der Waals surface area contributed by atoms with Gasteiger partial charge in [0.2, 0.25) is 5.95 Å². The van der Waals surface area contributed by atoms with E-state index in [1.807, 2.05) is 7.05 Å². The molecule has 6 heteroatoms. The number of fused-ring (bicyclic) bond motifs is 1. The van der Waals surface area contributed by atoms with Crippen molar-refractivity contribution in [1.82, 2.24) is 14.9 Å². The maximum Gasteiger partial charge on any atom is 0.225 e. The Bertz CT molecular complexity index is 603. The summed E-state index contributed by atoms with van der Waals surface area (Å²) < 4.78 is 0. The van der Waals surface area contributed by atoms with Crippen molar-refractivity contribution in [3.8, 4) is 0 Å². The lowest BCUT2D eigenvalue weighted by molar-refractivity contribution is 0.222. The van der Waals surface area contributed by atoms with Crippen LogP contribution < -0.4 is 10.2 Å². The average molecular weight is 305 g/mol. The molecule has 21 heavy (non-hydrogen) atoms. The fraction of sp³-hybridized carbons (Fsp3) is 0.600. The van der Waals surface area contributed by atoms with Crippen LogP contribution in [0.2, 0.25) is 0 Å². The van der Waals surface area contributed by atoms with E-state index >= 15 is 0 Å². The number of hydrogen-bond donors (Lipinski definition) is 1. The van der Waals surface area contributed by atoms with E-state index in [0.717, 1.165) is 28.5 Å². The predicted molar refractivity (Wildman–Crippen MR) is 90.5 cm³/mol. The van der Waals surface area contributed by atoms with Crippen LogP contribution in [0.25, 0.3) is 10.2 Å². The molecule has 1 saturated heterocycles. The number of hydrogen-bond acceptors (Lipinski definition) is 6. The molecule has 2 aromatic rings. The molecule has 0 unspecified atom stereocenters. The van der Waals surface area contributed by atoms with Gasteiger partial charge in [-0.15, -0.1) is 11.3 Å². The number of aromatic nitrogens is 2. The number of anilines is 2. The minimum atomic E-state index is 0.704. The first kappa shape index (κ1) is 14.5. The van der Waals surface area contributed by atoms with Crippen LogP contribution in [0.1, 0.15) is 12.8 Å². The summed E-state index contributed by atoms with van der Waals surface area (Å²) in [7, 11) is 6.23. The number of thiophene rings is 1. The van der Waals surface area contributed by atoms with Crippen LogP contribution in [0.15, 0.2) is 11.4 Å². The lowest BCUT2D eigenvalue weighted by Crippen LogP contribution is -2.36. The Balaban J connectivity index is 1.80. The fourth-order valence-electron chi connectivity index (χ4n) is 2.96. The van der Waals surface area contributed by atoms with E-state index in [2.05, 4.69) is 50.6 Å². The van der Waals surface area contributed by atoms with Crippen LogP contribution >= 0.6 is 11.3 Å². The molecule has 0 radical (unpaired) electrons. The second-order valence-electron chi connectivity index (χ2n) is 5.89. The van der Waals surface area contributed by atoms with Gasteiger partial charge in [0.25, 0.3) is 0 Å². The van der Waals surface area contributed by atoms with Crippen molar-refractivity contribution < 1.29 is 0 Å². The quantitative estimate of drug-likeness (QED) is 0.940. The van der Waals surface area contributed by atoms with Crippen LogP contribution in [0.3, 0.4) is 0 Å². The highest BCUT2D eigenvalue weighted by atomic mass is 32.1. The minimum Gasteiger partial charge on any atom is -0.359 e. The highest BCUT2D eigenvalue weighted by Gasteiger charge is 2.20. The first-order valence-corrected chi connectivity index (χ1v) is 8.38. The number of nitrogens with one attached hydrogen (secondary N) is 1. The Hall–Kier alpha value is -1.40. The highest BCUT2D eigenvalue weighted by Crippen LogP contribution is 2.29. The van der Waals surface area contributed by atoms with Crippen LogP contribution in [-0.4, -0.2) is 55.6 Å². The van der Waals surface area contributed by atoms with Gasteiger partial charge in [0.15, 0.2) is 0 Å². The maximum atomic E-state index is 4.67. The molecule has 2 aromatic heterocycles. The van der Waals surface area contributed by atoms with Crippen molar-refractivity contribution in [2.75, 3.05) is 51.0 Å². The summed E-state index contributed by atoms with van der Waals surface area (Å²) in [5.74, 6) is 2.51. The van der Waals surface area contributed by atoms with Gasteiger partial charge in [-0.05, 0) is 50.3 Å². The van der Waals surface area contributed by atoms with E-state index in [1.54, 1.807) is 11.3 Å². The maximum absolute atomic E-state index is 4.67. The van der Waals surface area contributed by atoms with Crippen LogP contribution in [0.5, 0.6) is 0 Å². The zero-order valence-electron chi connectivity index (χ0n) is 13.0. The first-order valence-electron chi connectivity index (χ1n) is 7.50. The third-order valence-corrected chi connectivity index (χ3v) is 5.07. The summed E-state index contributed by atoms with van der Waals surface area (Å²) in [6, 6.07) is 2.12. The molecular formula is C15H23N5S. The average Bonchev–Trinajstić information content (AvgIpc) is 2.96. The SMILES string of the molecule is CNc1nc(N(C)CC2CCN(C)CC2)c2ccsc2n1. The van der Waals surface area contributed by atoms with E-state index in [-0.39, 0.29) is 0 Å². The third-order valence-electron chi connectivity index (χ3n) is 4.26. The monoisotopic (exact) mass is 305 g/mol. The van der Waals surface area contributed by atoms with Crippen LogP contribution in [0.4, 0.5) is 11.8 Å². The van der Waals surface area contributed by atoms with Gasteiger partial charge in [-0.2, -0.15) is 4.98 Å². The smallest absolute Gasteiger partial charge is 0.225 e. The van der Waals surface area contributed by atoms with Gasteiger partial charge in [0, 0.05) is 20.6 Å². The minimum absolute atomic E-state index is 0.704. The van der Waals surface area contributed by atoms with Crippen LogP contribution in [0, 0.1) is 5.92 Å². The topological polar surface area (TPSA) is 44.3 Å². The van der Waals surface area contributed by atoms with Crippen molar-refractivity contribution >= 4 is 33.3 Å². The van der Waals surface area contributed by atoms with Crippen LogP contribution in [-0.2, 0) is 0 Å². The Morgan fingerprint density at radius 1 is 1.38 bits per heavy atom. The van der Waals surface area contributed by atoms with Crippen molar-refractivity contribution in [2.45, 2.75) is 12.8 Å². The molecular weight excluding hydrogens is 282 g/mol. The molecule has 0 spiro atoms. The molecule has 0 aliphatic carbocycles. The first-order chi connectivity index (χ1) is 10.2. The summed E-state index contributed by atoms with van der Waals surface area (Å²) in [6.45, 7) is 3.48. The molecule has 0 aromatic carbocycles. The number of likely N-dealkylation sites (tertiary alicyclic amines) is 1. The van der Waals surface area contributed by atoms with Gasteiger partial charge in [0.05, 0.1) is 5.39 Å². The van der Waals surface area contributed by atoms with E-state index in [0.29, 0.717) is 5.95 Å². The summed E-state index contributed by atoms with van der Waals surface area (Å²) in [5.41, 5.74) is 0. The Labute approximate surface area is 130 Å². The molecule has 1 aliphatic heterocycles. The fourth-order valence-corrected chi connectivity index (χ4v) is 3.72. The Kier molecular flexibility index (Phi) is 4.26. The van der Waals surface area contributed by atoms with Crippen molar-refractivity contribution in [1.29, 1.82) is 0 Å². The van der Waals surface area contributed by atoms with Gasteiger partial charge in [-0.25, -0.2) is 4.98 Å². The zero-order chi connectivity index (χ0) is 14.8. The van der Waals surface area contributed by atoms with Gasteiger partial charge in [-0.1, -0.05) is 0 Å². The van der Waals surface area contributed by atoms with Gasteiger partial charge in [-0.3, -0.25) is 0 Å². The second kappa shape index (κ2) is 6.15. The summed E-state index contributed by atoms with van der Waals surface area (Å²) in [6.07, 6.45) is 2.55. The van der Waals surface area contributed by atoms with Crippen molar-refractivity contribution in [3.05, 3.63) is 11.4 Å². The number of rotatable bonds is 4. The molecule has 1 fully saturated rings.